The van der Waals surface area contributed by atoms with Crippen molar-refractivity contribution in [3.05, 3.63) is 12.2 Å². The molecule has 2 heteroatoms. The summed E-state index contributed by atoms with van der Waals surface area (Å²) in [5, 5.41) is 8.54. The molecule has 0 aromatic carbocycles. The summed E-state index contributed by atoms with van der Waals surface area (Å²) >= 11 is 0. The monoisotopic (exact) mass is 324 g/mol. The largest absolute Gasteiger partial charge is 0.481 e. The minimum atomic E-state index is -0.657. The second kappa shape index (κ2) is 19.3. The number of allylic oxidation sites excluding steroid dienone is 2. The van der Waals surface area contributed by atoms with Crippen molar-refractivity contribution >= 4 is 5.97 Å². The van der Waals surface area contributed by atoms with Crippen molar-refractivity contribution in [2.45, 2.75) is 116 Å². The van der Waals surface area contributed by atoms with Crippen LogP contribution < -0.4 is 0 Å². The Hall–Kier alpha value is -0.790. The molecule has 0 saturated carbocycles. The number of unbranched alkanes of at least 4 members (excludes halogenated alkanes) is 14. The van der Waals surface area contributed by atoms with Crippen LogP contribution in [0.5, 0.6) is 0 Å². The van der Waals surface area contributed by atoms with Gasteiger partial charge in [-0.25, -0.2) is 0 Å². The standard InChI is InChI=1S/C21H40O2/c1-2-3-4-5-6-7-8-9-10-11-12-13-14-15-16-17-18-19-20-21(22)23/h8-9H,2-7,10-20H2,1H3,(H,22,23)/b9-8+. The van der Waals surface area contributed by atoms with E-state index in [1.165, 1.54) is 89.9 Å². The second-order valence-electron chi connectivity index (χ2n) is 6.79. The molecule has 0 aromatic heterocycles. The lowest BCUT2D eigenvalue weighted by atomic mass is 10.1. The van der Waals surface area contributed by atoms with Gasteiger partial charge in [-0.2, -0.15) is 0 Å². The van der Waals surface area contributed by atoms with Crippen LogP contribution in [-0.2, 0) is 4.79 Å². The van der Waals surface area contributed by atoms with Crippen LogP contribution in [0.1, 0.15) is 116 Å². The Morgan fingerprint density at radius 3 is 1.48 bits per heavy atom. The average Bonchev–Trinajstić information content (AvgIpc) is 2.53. The third-order valence-electron chi connectivity index (χ3n) is 4.40. The lowest BCUT2D eigenvalue weighted by Gasteiger charge is -2.01. The van der Waals surface area contributed by atoms with Gasteiger partial charge in [-0.05, 0) is 32.1 Å². The fraction of sp³-hybridized carbons (Fsp3) is 0.857. The van der Waals surface area contributed by atoms with Crippen molar-refractivity contribution in [2.75, 3.05) is 0 Å². The highest BCUT2D eigenvalue weighted by molar-refractivity contribution is 5.66. The molecule has 2 nitrogen and oxygen atoms in total. The van der Waals surface area contributed by atoms with Crippen LogP contribution in [0.15, 0.2) is 12.2 Å². The molecule has 0 aliphatic heterocycles. The molecule has 0 atom stereocenters. The molecular formula is C21H40O2. The number of carbonyl (C=O) groups is 1. The van der Waals surface area contributed by atoms with E-state index >= 15 is 0 Å². The molecule has 0 aromatic rings. The van der Waals surface area contributed by atoms with E-state index in [0.29, 0.717) is 6.42 Å². The predicted octanol–water partition coefficient (Wildman–Crippen LogP) is 7.28. The third-order valence-corrected chi connectivity index (χ3v) is 4.40. The molecule has 0 fully saturated rings. The molecule has 0 aliphatic rings. The van der Waals surface area contributed by atoms with E-state index in [-0.39, 0.29) is 0 Å². The Bertz CT molecular complexity index is 271. The number of carboxylic acid groups (broad SMARTS) is 1. The maximum Gasteiger partial charge on any atom is 0.303 e. The Labute approximate surface area is 144 Å². The van der Waals surface area contributed by atoms with Crippen LogP contribution in [0.4, 0.5) is 0 Å². The highest BCUT2D eigenvalue weighted by Crippen LogP contribution is 2.12. The van der Waals surface area contributed by atoms with E-state index in [1.807, 2.05) is 0 Å². The van der Waals surface area contributed by atoms with Gasteiger partial charge in [0.1, 0.15) is 0 Å². The van der Waals surface area contributed by atoms with E-state index < -0.39 is 5.97 Å². The van der Waals surface area contributed by atoms with Gasteiger partial charge in [0.05, 0.1) is 0 Å². The summed E-state index contributed by atoms with van der Waals surface area (Å²) in [6.45, 7) is 2.27. The smallest absolute Gasteiger partial charge is 0.303 e. The molecule has 0 rings (SSSR count). The minimum Gasteiger partial charge on any atom is -0.481 e. The van der Waals surface area contributed by atoms with Crippen molar-refractivity contribution in [1.29, 1.82) is 0 Å². The Kier molecular flexibility index (Phi) is 18.6. The summed E-state index contributed by atoms with van der Waals surface area (Å²) in [7, 11) is 0. The molecule has 0 radical (unpaired) electrons. The molecule has 0 saturated heterocycles. The molecule has 0 bridgehead atoms. The summed E-state index contributed by atoms with van der Waals surface area (Å²) < 4.78 is 0. The molecule has 0 heterocycles. The first-order chi connectivity index (χ1) is 11.3. The van der Waals surface area contributed by atoms with Crippen molar-refractivity contribution in [3.8, 4) is 0 Å². The van der Waals surface area contributed by atoms with Crippen molar-refractivity contribution in [2.24, 2.45) is 0 Å². The van der Waals surface area contributed by atoms with Gasteiger partial charge < -0.3 is 5.11 Å². The summed E-state index contributed by atoms with van der Waals surface area (Å²) in [6, 6.07) is 0. The Morgan fingerprint density at radius 1 is 0.652 bits per heavy atom. The van der Waals surface area contributed by atoms with Crippen LogP contribution in [0.3, 0.4) is 0 Å². The van der Waals surface area contributed by atoms with Crippen LogP contribution in [0, 0.1) is 0 Å². The first-order valence-electron chi connectivity index (χ1n) is 10.1. The summed E-state index contributed by atoms with van der Waals surface area (Å²) in [5.74, 6) is -0.657. The Morgan fingerprint density at radius 2 is 1.04 bits per heavy atom. The van der Waals surface area contributed by atoms with E-state index in [0.717, 1.165) is 12.8 Å². The van der Waals surface area contributed by atoms with Gasteiger partial charge in [-0.15, -0.1) is 0 Å². The number of hydrogen-bond donors (Lipinski definition) is 1. The van der Waals surface area contributed by atoms with Crippen LogP contribution >= 0.6 is 0 Å². The molecule has 1 N–H and O–H groups in total. The van der Waals surface area contributed by atoms with Crippen LogP contribution in [0.25, 0.3) is 0 Å². The maximum atomic E-state index is 10.4. The topological polar surface area (TPSA) is 37.3 Å². The summed E-state index contributed by atoms with van der Waals surface area (Å²) in [6.07, 6.45) is 25.6. The lowest BCUT2D eigenvalue weighted by Crippen LogP contribution is -1.93. The maximum absolute atomic E-state index is 10.4. The van der Waals surface area contributed by atoms with Gasteiger partial charge >= 0.3 is 5.97 Å². The zero-order chi connectivity index (χ0) is 17.0. The van der Waals surface area contributed by atoms with E-state index in [9.17, 15) is 4.79 Å². The molecule has 0 unspecified atom stereocenters. The summed E-state index contributed by atoms with van der Waals surface area (Å²) in [4.78, 5) is 10.4. The highest BCUT2D eigenvalue weighted by Gasteiger charge is 1.96. The molecule has 0 spiro atoms. The second-order valence-corrected chi connectivity index (χ2v) is 6.79. The SMILES string of the molecule is CCCCCCC/C=C/CCCCCCCCCCCC(=O)O. The lowest BCUT2D eigenvalue weighted by molar-refractivity contribution is -0.137. The number of carboxylic acids is 1. The zero-order valence-electron chi connectivity index (χ0n) is 15.5. The third kappa shape index (κ3) is 21.2. The zero-order valence-corrected chi connectivity index (χ0v) is 15.5. The van der Waals surface area contributed by atoms with Crippen LogP contribution in [0.2, 0.25) is 0 Å². The van der Waals surface area contributed by atoms with Gasteiger partial charge in [-0.3, -0.25) is 4.79 Å². The first-order valence-corrected chi connectivity index (χ1v) is 10.1. The quantitative estimate of drug-likeness (QED) is 0.212. The van der Waals surface area contributed by atoms with Crippen LogP contribution in [-0.4, -0.2) is 11.1 Å². The Balaban J connectivity index is 3.06. The molecule has 23 heavy (non-hydrogen) atoms. The summed E-state index contributed by atoms with van der Waals surface area (Å²) in [5.41, 5.74) is 0. The normalized spacial score (nSPS) is 11.3. The van der Waals surface area contributed by atoms with E-state index in [1.54, 1.807) is 0 Å². The van der Waals surface area contributed by atoms with Gasteiger partial charge in [-0.1, -0.05) is 89.7 Å². The van der Waals surface area contributed by atoms with Gasteiger partial charge in [0.25, 0.3) is 0 Å². The molecule has 0 aliphatic carbocycles. The average molecular weight is 325 g/mol. The fourth-order valence-corrected chi connectivity index (χ4v) is 2.88. The van der Waals surface area contributed by atoms with Crippen molar-refractivity contribution < 1.29 is 9.90 Å². The van der Waals surface area contributed by atoms with Crippen molar-refractivity contribution in [3.63, 3.8) is 0 Å². The van der Waals surface area contributed by atoms with Gasteiger partial charge in [0, 0.05) is 6.42 Å². The molecular weight excluding hydrogens is 284 g/mol. The number of hydrogen-bond acceptors (Lipinski definition) is 1. The van der Waals surface area contributed by atoms with Crippen molar-refractivity contribution in [1.82, 2.24) is 0 Å². The molecule has 136 valence electrons. The van der Waals surface area contributed by atoms with E-state index in [2.05, 4.69) is 19.1 Å². The number of rotatable bonds is 18. The highest BCUT2D eigenvalue weighted by atomic mass is 16.4. The van der Waals surface area contributed by atoms with Gasteiger partial charge in [0.15, 0.2) is 0 Å². The molecule has 0 amide bonds. The minimum absolute atomic E-state index is 0.340. The fourth-order valence-electron chi connectivity index (χ4n) is 2.88. The number of aliphatic carboxylic acids is 1. The van der Waals surface area contributed by atoms with E-state index in [4.69, 9.17) is 5.11 Å². The van der Waals surface area contributed by atoms with Gasteiger partial charge in [0.2, 0.25) is 0 Å². The predicted molar refractivity (Wildman–Crippen MR) is 101 cm³/mol. The first kappa shape index (κ1) is 22.2.